The Morgan fingerprint density at radius 1 is 1.29 bits per heavy atom. The third-order valence-corrected chi connectivity index (χ3v) is 5.14. The van der Waals surface area contributed by atoms with Gasteiger partial charge >= 0.3 is 0 Å². The van der Waals surface area contributed by atoms with Crippen molar-refractivity contribution in [2.24, 2.45) is 5.92 Å². The molecule has 1 fully saturated rings. The van der Waals surface area contributed by atoms with E-state index >= 15 is 0 Å². The van der Waals surface area contributed by atoms with Crippen LogP contribution in [0.5, 0.6) is 0 Å². The lowest BCUT2D eigenvalue weighted by Crippen LogP contribution is -2.38. The van der Waals surface area contributed by atoms with Gasteiger partial charge in [-0.25, -0.2) is 12.7 Å². The van der Waals surface area contributed by atoms with Crippen LogP contribution in [0.25, 0.3) is 0 Å². The largest absolute Gasteiger partial charge is 0.214 e. The minimum absolute atomic E-state index is 0.0450. The molecule has 0 amide bonds. The number of alkyl halides is 1. The summed E-state index contributed by atoms with van der Waals surface area (Å²) >= 11 is 5.61. The molecule has 0 aromatic carbocycles. The summed E-state index contributed by atoms with van der Waals surface area (Å²) in [6, 6.07) is 0. The highest BCUT2D eigenvalue weighted by molar-refractivity contribution is 7.89. The fourth-order valence-electron chi connectivity index (χ4n) is 1.65. The number of hydrogen-bond acceptors (Lipinski definition) is 2. The van der Waals surface area contributed by atoms with Crippen LogP contribution in [0.15, 0.2) is 0 Å². The number of piperidine rings is 1. The smallest absolute Gasteiger partial charge is 0.212 e. The Morgan fingerprint density at radius 3 is 2.36 bits per heavy atom. The molecular formula is C9H18ClNO2S. The first-order valence-corrected chi connectivity index (χ1v) is 7.24. The van der Waals surface area contributed by atoms with E-state index in [2.05, 4.69) is 0 Å². The lowest BCUT2D eigenvalue weighted by Gasteiger charge is -2.26. The van der Waals surface area contributed by atoms with Crippen molar-refractivity contribution in [3.05, 3.63) is 0 Å². The van der Waals surface area contributed by atoms with Crippen molar-refractivity contribution < 1.29 is 8.42 Å². The summed E-state index contributed by atoms with van der Waals surface area (Å²) < 4.78 is 25.3. The lowest BCUT2D eigenvalue weighted by atomic mass is 10.2. The Bertz CT molecular complexity index is 260. The standard InChI is InChI=1S/C9H18ClNO2S/c1-9(7-10)8-14(12,13)11-5-3-2-4-6-11/h9H,2-8H2,1H3. The molecule has 0 spiro atoms. The Balaban J connectivity index is 2.54. The van der Waals surface area contributed by atoms with Gasteiger partial charge in [-0.15, -0.1) is 11.6 Å². The molecule has 1 atom stereocenters. The summed E-state index contributed by atoms with van der Waals surface area (Å²) in [6.07, 6.45) is 3.14. The monoisotopic (exact) mass is 239 g/mol. The first-order chi connectivity index (χ1) is 6.56. The fourth-order valence-corrected chi connectivity index (χ4v) is 3.75. The van der Waals surface area contributed by atoms with Gasteiger partial charge in [0, 0.05) is 19.0 Å². The Labute approximate surface area is 91.5 Å². The molecule has 1 heterocycles. The SMILES string of the molecule is CC(CCl)CS(=O)(=O)N1CCCCC1. The number of rotatable bonds is 4. The molecule has 3 nitrogen and oxygen atoms in total. The number of hydrogen-bond donors (Lipinski definition) is 0. The molecular weight excluding hydrogens is 222 g/mol. The van der Waals surface area contributed by atoms with Crippen LogP contribution in [0.4, 0.5) is 0 Å². The van der Waals surface area contributed by atoms with Crippen molar-refractivity contribution in [3.63, 3.8) is 0 Å². The molecule has 0 aliphatic carbocycles. The van der Waals surface area contributed by atoms with Gasteiger partial charge in [0.1, 0.15) is 0 Å². The van der Waals surface area contributed by atoms with Crippen LogP contribution in [0, 0.1) is 5.92 Å². The van der Waals surface area contributed by atoms with Gasteiger partial charge in [0.25, 0.3) is 0 Å². The maximum Gasteiger partial charge on any atom is 0.214 e. The quantitative estimate of drug-likeness (QED) is 0.700. The molecule has 5 heteroatoms. The van der Waals surface area contributed by atoms with E-state index < -0.39 is 10.0 Å². The topological polar surface area (TPSA) is 37.4 Å². The Kier molecular flexibility index (Phi) is 4.67. The van der Waals surface area contributed by atoms with Crippen molar-refractivity contribution in [2.75, 3.05) is 24.7 Å². The predicted molar refractivity (Wildman–Crippen MR) is 59.1 cm³/mol. The second kappa shape index (κ2) is 5.33. The van der Waals surface area contributed by atoms with Crippen LogP contribution < -0.4 is 0 Å². The van der Waals surface area contributed by atoms with Crippen LogP contribution in [0.3, 0.4) is 0 Å². The van der Waals surface area contributed by atoms with Gasteiger partial charge in [-0.2, -0.15) is 0 Å². The molecule has 1 unspecified atom stereocenters. The maximum absolute atomic E-state index is 11.8. The summed E-state index contributed by atoms with van der Waals surface area (Å²) in [5.41, 5.74) is 0. The third-order valence-electron chi connectivity index (χ3n) is 2.47. The molecule has 0 bridgehead atoms. The normalized spacial score (nSPS) is 22.1. The highest BCUT2D eigenvalue weighted by Crippen LogP contribution is 2.15. The maximum atomic E-state index is 11.8. The summed E-state index contributed by atoms with van der Waals surface area (Å²) in [5, 5.41) is 0. The second-order valence-corrected chi connectivity index (χ2v) is 6.32. The first-order valence-electron chi connectivity index (χ1n) is 5.10. The minimum atomic E-state index is -3.05. The fraction of sp³-hybridized carbons (Fsp3) is 1.00. The predicted octanol–water partition coefficient (Wildman–Crippen LogP) is 1.68. The van der Waals surface area contributed by atoms with Crippen LogP contribution >= 0.6 is 11.6 Å². The average Bonchev–Trinajstić information content (AvgIpc) is 2.18. The van der Waals surface area contributed by atoms with E-state index in [4.69, 9.17) is 11.6 Å². The Hall–Kier alpha value is 0.200. The van der Waals surface area contributed by atoms with Gasteiger partial charge in [-0.3, -0.25) is 0 Å². The lowest BCUT2D eigenvalue weighted by molar-refractivity contribution is 0.344. The van der Waals surface area contributed by atoms with E-state index in [1.165, 1.54) is 0 Å². The van der Waals surface area contributed by atoms with Gasteiger partial charge in [0.05, 0.1) is 5.75 Å². The summed E-state index contributed by atoms with van der Waals surface area (Å²) in [6.45, 7) is 3.25. The molecule has 0 saturated carbocycles. The highest BCUT2D eigenvalue weighted by atomic mass is 35.5. The number of halogens is 1. The zero-order chi connectivity index (χ0) is 10.6. The molecule has 84 valence electrons. The van der Waals surface area contributed by atoms with Gasteiger partial charge < -0.3 is 0 Å². The van der Waals surface area contributed by atoms with Crippen LogP contribution in [-0.2, 0) is 10.0 Å². The second-order valence-electron chi connectivity index (χ2n) is 4.00. The highest BCUT2D eigenvalue weighted by Gasteiger charge is 2.25. The first kappa shape index (κ1) is 12.3. The molecule has 0 N–H and O–H groups in total. The summed E-state index contributed by atoms with van der Waals surface area (Å²) in [4.78, 5) is 0. The van der Waals surface area contributed by atoms with E-state index in [0.717, 1.165) is 19.3 Å². The minimum Gasteiger partial charge on any atom is -0.212 e. The van der Waals surface area contributed by atoms with Crippen molar-refractivity contribution >= 4 is 21.6 Å². The molecule has 14 heavy (non-hydrogen) atoms. The van der Waals surface area contributed by atoms with E-state index in [9.17, 15) is 8.42 Å². The summed E-state index contributed by atoms with van der Waals surface area (Å²) in [5.74, 6) is 0.646. The molecule has 0 radical (unpaired) electrons. The Morgan fingerprint density at radius 2 is 1.86 bits per heavy atom. The zero-order valence-corrected chi connectivity index (χ0v) is 10.1. The van der Waals surface area contributed by atoms with Gasteiger partial charge in [0.15, 0.2) is 0 Å². The van der Waals surface area contributed by atoms with Gasteiger partial charge in [0.2, 0.25) is 10.0 Å². The molecule has 1 rings (SSSR count). The van der Waals surface area contributed by atoms with Gasteiger partial charge in [-0.05, 0) is 18.8 Å². The van der Waals surface area contributed by atoms with Crippen LogP contribution in [0.2, 0.25) is 0 Å². The van der Waals surface area contributed by atoms with Crippen LogP contribution in [-0.4, -0.2) is 37.4 Å². The summed E-state index contributed by atoms with van der Waals surface area (Å²) in [7, 11) is -3.05. The number of sulfonamides is 1. The number of nitrogens with zero attached hydrogens (tertiary/aromatic N) is 1. The molecule has 0 aromatic heterocycles. The van der Waals surface area contributed by atoms with E-state index in [1.54, 1.807) is 4.31 Å². The van der Waals surface area contributed by atoms with Crippen LogP contribution in [0.1, 0.15) is 26.2 Å². The average molecular weight is 240 g/mol. The van der Waals surface area contributed by atoms with E-state index in [-0.39, 0.29) is 11.7 Å². The van der Waals surface area contributed by atoms with Crippen molar-refractivity contribution in [1.29, 1.82) is 0 Å². The van der Waals surface area contributed by atoms with Crippen molar-refractivity contribution in [3.8, 4) is 0 Å². The molecule has 1 saturated heterocycles. The van der Waals surface area contributed by atoms with E-state index in [1.807, 2.05) is 6.92 Å². The van der Waals surface area contributed by atoms with Crippen molar-refractivity contribution in [2.45, 2.75) is 26.2 Å². The van der Waals surface area contributed by atoms with E-state index in [0.29, 0.717) is 19.0 Å². The van der Waals surface area contributed by atoms with Gasteiger partial charge in [-0.1, -0.05) is 13.3 Å². The molecule has 1 aliphatic heterocycles. The zero-order valence-electron chi connectivity index (χ0n) is 8.58. The molecule has 1 aliphatic rings. The van der Waals surface area contributed by atoms with Crippen molar-refractivity contribution in [1.82, 2.24) is 4.31 Å². The third kappa shape index (κ3) is 3.41. The molecule has 0 aromatic rings.